The molecule has 3 atom stereocenters. The first-order chi connectivity index (χ1) is 9.49. The normalized spacial score (nSPS) is 29.2. The molecule has 1 amide bonds. The van der Waals surface area contributed by atoms with Gasteiger partial charge in [0.15, 0.2) is 0 Å². The number of benzene rings is 1. The lowest BCUT2D eigenvalue weighted by Crippen LogP contribution is -2.50. The number of nitrogens with zero attached hydrogens (tertiary/aromatic N) is 1. The van der Waals surface area contributed by atoms with E-state index in [0.717, 1.165) is 0 Å². The third-order valence-corrected chi connectivity index (χ3v) is 4.74. The molecule has 0 saturated carbocycles. The molecule has 2 aliphatic rings. The van der Waals surface area contributed by atoms with Gasteiger partial charge in [-0.15, -0.1) is 0 Å². The summed E-state index contributed by atoms with van der Waals surface area (Å²) >= 11 is 12.1. The Kier molecular flexibility index (Phi) is 3.44. The Bertz CT molecular complexity index is 566. The highest BCUT2D eigenvalue weighted by molar-refractivity contribution is 6.42. The van der Waals surface area contributed by atoms with E-state index in [1.165, 1.54) is 17.0 Å². The number of hydrogen-bond donors (Lipinski definition) is 2. The highest BCUT2D eigenvalue weighted by Gasteiger charge is 2.45. The van der Waals surface area contributed by atoms with E-state index in [2.05, 4.69) is 0 Å². The summed E-state index contributed by atoms with van der Waals surface area (Å²) in [6.45, 7) is 0.343. The summed E-state index contributed by atoms with van der Waals surface area (Å²) in [6, 6.07) is 2.69. The third-order valence-electron chi connectivity index (χ3n) is 3.92. The maximum atomic E-state index is 11.7. The smallest absolute Gasteiger partial charge is 0.410 e. The van der Waals surface area contributed by atoms with E-state index in [1.807, 2.05) is 0 Å². The lowest BCUT2D eigenvalue weighted by molar-refractivity contribution is -0.0283. The van der Waals surface area contributed by atoms with Gasteiger partial charge < -0.3 is 19.8 Å². The van der Waals surface area contributed by atoms with Crippen molar-refractivity contribution in [3.63, 3.8) is 0 Å². The maximum absolute atomic E-state index is 11.7. The molecule has 0 aromatic heterocycles. The van der Waals surface area contributed by atoms with Crippen LogP contribution in [0.3, 0.4) is 0 Å². The van der Waals surface area contributed by atoms with Crippen LogP contribution in [0.1, 0.15) is 17.9 Å². The van der Waals surface area contributed by atoms with E-state index in [4.69, 9.17) is 27.9 Å². The van der Waals surface area contributed by atoms with Crippen LogP contribution in [0, 0.1) is 0 Å². The molecule has 1 aromatic carbocycles. The number of cyclic esters (lactones) is 1. The zero-order valence-electron chi connectivity index (χ0n) is 10.4. The highest BCUT2D eigenvalue weighted by Crippen LogP contribution is 2.44. The van der Waals surface area contributed by atoms with E-state index >= 15 is 0 Å². The Balaban J connectivity index is 1.94. The number of carbonyl (C=O) groups excluding carboxylic acids is 1. The molecule has 7 heteroatoms. The number of fused-ring (bicyclic) bond motifs is 1. The zero-order chi connectivity index (χ0) is 14.4. The first-order valence-electron chi connectivity index (χ1n) is 6.27. The number of carbonyl (C=O) groups is 1. The summed E-state index contributed by atoms with van der Waals surface area (Å²) in [5.74, 6) is -0.126. The summed E-state index contributed by atoms with van der Waals surface area (Å²) in [6.07, 6.45) is -0.651. The van der Waals surface area contributed by atoms with Crippen molar-refractivity contribution in [1.82, 2.24) is 4.90 Å². The van der Waals surface area contributed by atoms with Crippen LogP contribution in [0.25, 0.3) is 0 Å². The quantitative estimate of drug-likeness (QED) is 0.834. The van der Waals surface area contributed by atoms with Crippen LogP contribution < -0.4 is 0 Å². The van der Waals surface area contributed by atoms with Gasteiger partial charge in [0, 0.05) is 18.0 Å². The fourth-order valence-electron chi connectivity index (χ4n) is 2.95. The number of rotatable bonds is 1. The number of halogens is 2. The molecule has 1 aromatic rings. The molecule has 3 rings (SSSR count). The molecule has 2 aliphatic heterocycles. The summed E-state index contributed by atoms with van der Waals surface area (Å²) in [5.41, 5.74) is 0.522. The molecule has 5 nitrogen and oxygen atoms in total. The first-order valence-corrected chi connectivity index (χ1v) is 7.03. The summed E-state index contributed by atoms with van der Waals surface area (Å²) < 4.78 is 4.89. The van der Waals surface area contributed by atoms with Gasteiger partial charge in [0.05, 0.1) is 16.1 Å². The van der Waals surface area contributed by atoms with Gasteiger partial charge in [-0.25, -0.2) is 4.79 Å². The van der Waals surface area contributed by atoms with Crippen molar-refractivity contribution in [1.29, 1.82) is 0 Å². The van der Waals surface area contributed by atoms with Crippen molar-refractivity contribution in [3.8, 4) is 5.75 Å². The van der Waals surface area contributed by atoms with Crippen LogP contribution in [0.2, 0.25) is 10.0 Å². The fraction of sp³-hybridized carbons (Fsp3) is 0.462. The van der Waals surface area contributed by atoms with Gasteiger partial charge in [-0.05, 0) is 18.6 Å². The van der Waals surface area contributed by atoms with Gasteiger partial charge in [0.2, 0.25) is 0 Å². The SMILES string of the molecule is O=C1OC[C@@H](O)[C@@H]2C[C@H](c3c(O)ccc(Cl)c3Cl)CN12. The average Bonchev–Trinajstić information content (AvgIpc) is 2.85. The van der Waals surface area contributed by atoms with Crippen LogP contribution in [-0.2, 0) is 4.74 Å². The summed E-state index contributed by atoms with van der Waals surface area (Å²) in [4.78, 5) is 13.2. The second-order valence-corrected chi connectivity index (χ2v) is 5.88. The fourth-order valence-corrected chi connectivity index (χ4v) is 3.42. The van der Waals surface area contributed by atoms with Gasteiger partial charge in [0.25, 0.3) is 0 Å². The first kappa shape index (κ1) is 13.8. The van der Waals surface area contributed by atoms with Gasteiger partial charge in [-0.1, -0.05) is 23.2 Å². The molecule has 2 fully saturated rings. The average molecular weight is 318 g/mol. The van der Waals surface area contributed by atoms with E-state index in [-0.39, 0.29) is 24.3 Å². The van der Waals surface area contributed by atoms with Crippen LogP contribution in [0.4, 0.5) is 4.79 Å². The highest BCUT2D eigenvalue weighted by atomic mass is 35.5. The minimum absolute atomic E-state index is 0.00196. The number of amides is 1. The summed E-state index contributed by atoms with van der Waals surface area (Å²) in [5, 5.41) is 20.6. The Morgan fingerprint density at radius 1 is 1.35 bits per heavy atom. The van der Waals surface area contributed by atoms with E-state index in [1.54, 1.807) is 0 Å². The van der Waals surface area contributed by atoms with Crippen molar-refractivity contribution < 1.29 is 19.7 Å². The molecule has 108 valence electrons. The van der Waals surface area contributed by atoms with Gasteiger partial charge in [0.1, 0.15) is 18.5 Å². The Morgan fingerprint density at radius 2 is 2.10 bits per heavy atom. The summed E-state index contributed by atoms with van der Waals surface area (Å²) in [7, 11) is 0. The minimum Gasteiger partial charge on any atom is -0.508 e. The van der Waals surface area contributed by atoms with E-state index in [0.29, 0.717) is 28.6 Å². The molecule has 2 saturated heterocycles. The number of aliphatic hydroxyl groups excluding tert-OH is 1. The van der Waals surface area contributed by atoms with Gasteiger partial charge in [-0.2, -0.15) is 0 Å². The Labute approximate surface area is 125 Å². The minimum atomic E-state index is -0.724. The van der Waals surface area contributed by atoms with Crippen molar-refractivity contribution in [3.05, 3.63) is 27.7 Å². The Hall–Kier alpha value is -1.17. The van der Waals surface area contributed by atoms with Crippen molar-refractivity contribution in [2.24, 2.45) is 0 Å². The van der Waals surface area contributed by atoms with Crippen LogP contribution in [0.15, 0.2) is 12.1 Å². The van der Waals surface area contributed by atoms with Gasteiger partial charge in [-0.3, -0.25) is 0 Å². The second-order valence-electron chi connectivity index (χ2n) is 5.09. The number of phenolic OH excluding ortho intramolecular Hbond substituents is 1. The Morgan fingerprint density at radius 3 is 2.80 bits per heavy atom. The molecule has 0 bridgehead atoms. The van der Waals surface area contributed by atoms with Gasteiger partial charge >= 0.3 is 6.09 Å². The predicted octanol–water partition coefficient (Wildman–Crippen LogP) is 2.37. The van der Waals surface area contributed by atoms with Crippen LogP contribution in [-0.4, -0.2) is 46.5 Å². The number of aliphatic hydroxyl groups is 1. The van der Waals surface area contributed by atoms with E-state index in [9.17, 15) is 15.0 Å². The molecular formula is C13H13Cl2NO4. The zero-order valence-corrected chi connectivity index (χ0v) is 11.9. The number of aromatic hydroxyl groups is 1. The lowest BCUT2D eigenvalue weighted by Gasteiger charge is -2.32. The van der Waals surface area contributed by atoms with Crippen LogP contribution in [0.5, 0.6) is 5.75 Å². The van der Waals surface area contributed by atoms with Crippen molar-refractivity contribution in [2.75, 3.05) is 13.2 Å². The third kappa shape index (κ3) is 2.10. The molecule has 2 N–H and O–H groups in total. The topological polar surface area (TPSA) is 70.0 Å². The van der Waals surface area contributed by atoms with E-state index < -0.39 is 12.2 Å². The molecule has 0 spiro atoms. The van der Waals surface area contributed by atoms with Crippen LogP contribution >= 0.6 is 23.2 Å². The molecule has 0 unspecified atom stereocenters. The monoisotopic (exact) mass is 317 g/mol. The molecule has 0 radical (unpaired) electrons. The number of phenols is 1. The van der Waals surface area contributed by atoms with Crippen molar-refractivity contribution >= 4 is 29.3 Å². The lowest BCUT2D eigenvalue weighted by atomic mass is 9.94. The molecular weight excluding hydrogens is 305 g/mol. The number of hydrogen-bond acceptors (Lipinski definition) is 4. The second kappa shape index (κ2) is 4.98. The maximum Gasteiger partial charge on any atom is 0.410 e. The standard InChI is InChI=1S/C13H13Cl2NO4/c14-7-1-2-9(17)11(12(7)15)6-3-8-10(18)5-20-13(19)16(8)4-6/h1-2,6,8,10,17-18H,3-5H2/t6-,8-,10+/m0/s1. The molecule has 20 heavy (non-hydrogen) atoms. The molecule has 0 aliphatic carbocycles. The predicted molar refractivity (Wildman–Crippen MR) is 73.3 cm³/mol. The largest absolute Gasteiger partial charge is 0.508 e. The molecule has 2 heterocycles. The number of ether oxygens (including phenoxy) is 1. The van der Waals surface area contributed by atoms with Crippen molar-refractivity contribution in [2.45, 2.75) is 24.5 Å².